The summed E-state index contributed by atoms with van der Waals surface area (Å²) in [6.45, 7) is 0. The van der Waals surface area contributed by atoms with E-state index < -0.39 is 0 Å². The van der Waals surface area contributed by atoms with Crippen molar-refractivity contribution < 1.29 is 4.79 Å². The van der Waals surface area contributed by atoms with E-state index in [2.05, 4.69) is 15.5 Å². The number of nitrogens with two attached hydrogens (primary N) is 1. The maximum Gasteiger partial charge on any atom is 0.230 e. The molecule has 0 aliphatic heterocycles. The van der Waals surface area contributed by atoms with Crippen molar-refractivity contribution in [3.63, 3.8) is 0 Å². The molecule has 0 saturated heterocycles. The second-order valence-electron chi connectivity index (χ2n) is 3.40. The third-order valence-electron chi connectivity index (χ3n) is 2.21. The van der Waals surface area contributed by atoms with E-state index >= 15 is 0 Å². The molecule has 1 aromatic rings. The summed E-state index contributed by atoms with van der Waals surface area (Å²) in [5, 5.41) is 11.1. The quantitative estimate of drug-likeness (QED) is 0.709. The van der Waals surface area contributed by atoms with Gasteiger partial charge in [0.15, 0.2) is 5.16 Å². The first-order valence-corrected chi connectivity index (χ1v) is 5.74. The van der Waals surface area contributed by atoms with E-state index in [1.807, 2.05) is 4.57 Å². The van der Waals surface area contributed by atoms with Crippen LogP contribution in [0.2, 0.25) is 0 Å². The number of hydrogen-bond donors (Lipinski definition) is 2. The zero-order valence-corrected chi connectivity index (χ0v) is 9.25. The maximum absolute atomic E-state index is 11.1. The summed E-state index contributed by atoms with van der Waals surface area (Å²) in [6, 6.07) is 0.437. The van der Waals surface area contributed by atoms with Crippen molar-refractivity contribution >= 4 is 23.6 Å². The number of rotatable bonds is 4. The Bertz CT molecular complexity index is 373. The fourth-order valence-corrected chi connectivity index (χ4v) is 2.15. The number of carbonyl (C=O) groups excluding carboxylic acids is 1. The Hall–Kier alpha value is -1.24. The van der Waals surface area contributed by atoms with Crippen molar-refractivity contribution in [2.24, 2.45) is 0 Å². The molecule has 0 aromatic carbocycles. The summed E-state index contributed by atoms with van der Waals surface area (Å²) in [4.78, 5) is 11.1. The molecule has 0 unspecified atom stereocenters. The molecule has 2 rings (SSSR count). The fraction of sp³-hybridized carbons (Fsp3) is 0.625. The van der Waals surface area contributed by atoms with Gasteiger partial charge in [-0.15, -0.1) is 10.2 Å². The van der Waals surface area contributed by atoms with E-state index in [0.717, 1.165) is 18.0 Å². The lowest BCUT2D eigenvalue weighted by atomic mass is 10.7. The van der Waals surface area contributed by atoms with Gasteiger partial charge in [-0.25, -0.2) is 0 Å². The maximum atomic E-state index is 11.1. The molecule has 3 N–H and O–H groups in total. The summed E-state index contributed by atoms with van der Waals surface area (Å²) in [5.41, 5.74) is 5.70. The molecule has 1 saturated carbocycles. The average molecular weight is 227 g/mol. The Balaban J connectivity index is 2.04. The van der Waals surface area contributed by atoms with Gasteiger partial charge in [0, 0.05) is 13.1 Å². The lowest BCUT2D eigenvalue weighted by molar-refractivity contribution is -0.118. The number of nitrogens with zero attached hydrogens (tertiary/aromatic N) is 3. The molecular formula is C8H13N5OS. The SMILES string of the molecule is CNC(=O)CSc1nnc(N)n1C1CC1. The highest BCUT2D eigenvalue weighted by molar-refractivity contribution is 7.99. The molecule has 1 aliphatic carbocycles. The molecule has 0 atom stereocenters. The van der Waals surface area contributed by atoms with Crippen molar-refractivity contribution in [2.75, 3.05) is 18.5 Å². The molecule has 1 aliphatic rings. The summed E-state index contributed by atoms with van der Waals surface area (Å²) in [7, 11) is 1.61. The van der Waals surface area contributed by atoms with Crippen molar-refractivity contribution in [2.45, 2.75) is 24.0 Å². The number of carbonyl (C=O) groups is 1. The molecule has 1 amide bonds. The number of anilines is 1. The molecule has 6 nitrogen and oxygen atoms in total. The van der Waals surface area contributed by atoms with Crippen LogP contribution in [0.25, 0.3) is 0 Å². The molecule has 1 heterocycles. The van der Waals surface area contributed by atoms with Gasteiger partial charge in [-0.2, -0.15) is 0 Å². The first-order chi connectivity index (χ1) is 7.22. The molecule has 82 valence electrons. The van der Waals surface area contributed by atoms with E-state index in [0.29, 0.717) is 17.7 Å². The van der Waals surface area contributed by atoms with Gasteiger partial charge in [0.25, 0.3) is 0 Å². The third-order valence-corrected chi connectivity index (χ3v) is 3.16. The smallest absolute Gasteiger partial charge is 0.230 e. The highest BCUT2D eigenvalue weighted by atomic mass is 32.2. The summed E-state index contributed by atoms with van der Waals surface area (Å²) < 4.78 is 1.91. The van der Waals surface area contributed by atoms with Crippen LogP contribution in [0.4, 0.5) is 5.95 Å². The highest BCUT2D eigenvalue weighted by Gasteiger charge is 2.28. The largest absolute Gasteiger partial charge is 0.368 e. The van der Waals surface area contributed by atoms with Crippen LogP contribution in [0.5, 0.6) is 0 Å². The van der Waals surface area contributed by atoms with Gasteiger partial charge in [-0.3, -0.25) is 9.36 Å². The number of aromatic nitrogens is 3. The molecule has 0 bridgehead atoms. The van der Waals surface area contributed by atoms with Crippen LogP contribution in [0.15, 0.2) is 5.16 Å². The third kappa shape index (κ3) is 2.23. The van der Waals surface area contributed by atoms with E-state index in [4.69, 9.17) is 5.73 Å². The minimum Gasteiger partial charge on any atom is -0.368 e. The summed E-state index contributed by atoms with van der Waals surface area (Å²) in [6.07, 6.45) is 2.24. The molecule has 1 aromatic heterocycles. The first kappa shape index (κ1) is 10.3. The van der Waals surface area contributed by atoms with E-state index in [-0.39, 0.29) is 5.91 Å². The van der Waals surface area contributed by atoms with Gasteiger partial charge < -0.3 is 11.1 Å². The molecular weight excluding hydrogens is 214 g/mol. The fourth-order valence-electron chi connectivity index (χ4n) is 1.27. The molecule has 15 heavy (non-hydrogen) atoms. The zero-order chi connectivity index (χ0) is 10.8. The average Bonchev–Trinajstić information content (AvgIpc) is 3.00. The van der Waals surface area contributed by atoms with Crippen LogP contribution in [-0.2, 0) is 4.79 Å². The lowest BCUT2D eigenvalue weighted by Gasteiger charge is -2.04. The van der Waals surface area contributed by atoms with Crippen molar-refractivity contribution in [3.05, 3.63) is 0 Å². The van der Waals surface area contributed by atoms with Gasteiger partial charge in [0.05, 0.1) is 5.75 Å². The standard InChI is InChI=1S/C8H13N5OS/c1-10-6(14)4-15-8-12-11-7(9)13(8)5-2-3-5/h5H,2-4H2,1H3,(H2,9,11)(H,10,14). The monoisotopic (exact) mass is 227 g/mol. The second-order valence-corrected chi connectivity index (χ2v) is 4.35. The zero-order valence-electron chi connectivity index (χ0n) is 8.43. The van der Waals surface area contributed by atoms with Gasteiger partial charge in [0.2, 0.25) is 11.9 Å². The van der Waals surface area contributed by atoms with Crippen LogP contribution in [0.3, 0.4) is 0 Å². The number of nitrogen functional groups attached to an aromatic ring is 1. The van der Waals surface area contributed by atoms with Crippen LogP contribution in [0, 0.1) is 0 Å². The number of nitrogens with one attached hydrogen (secondary N) is 1. The van der Waals surface area contributed by atoms with E-state index in [1.54, 1.807) is 7.05 Å². The Morgan fingerprint density at radius 2 is 2.40 bits per heavy atom. The number of thioether (sulfide) groups is 1. The van der Waals surface area contributed by atoms with Crippen LogP contribution < -0.4 is 11.1 Å². The predicted molar refractivity (Wildman–Crippen MR) is 57.5 cm³/mol. The van der Waals surface area contributed by atoms with E-state index in [9.17, 15) is 4.79 Å². The summed E-state index contributed by atoms with van der Waals surface area (Å²) >= 11 is 1.37. The molecule has 0 radical (unpaired) electrons. The predicted octanol–water partition coefficient (Wildman–Crippen LogP) is 0.0333. The normalized spacial score (nSPS) is 15.3. The summed E-state index contributed by atoms with van der Waals surface area (Å²) in [5.74, 6) is 0.766. The topological polar surface area (TPSA) is 85.8 Å². The Morgan fingerprint density at radius 1 is 1.67 bits per heavy atom. The Morgan fingerprint density at radius 3 is 3.00 bits per heavy atom. The van der Waals surface area contributed by atoms with E-state index in [1.165, 1.54) is 11.8 Å². The lowest BCUT2D eigenvalue weighted by Crippen LogP contribution is -2.20. The highest BCUT2D eigenvalue weighted by Crippen LogP contribution is 2.39. The van der Waals surface area contributed by atoms with Crippen LogP contribution in [0.1, 0.15) is 18.9 Å². The first-order valence-electron chi connectivity index (χ1n) is 4.76. The van der Waals surface area contributed by atoms with Gasteiger partial charge in [0.1, 0.15) is 0 Å². The minimum absolute atomic E-state index is 0.0241. The Labute approximate surface area is 91.6 Å². The number of hydrogen-bond acceptors (Lipinski definition) is 5. The Kier molecular flexibility index (Phi) is 2.81. The number of amides is 1. The van der Waals surface area contributed by atoms with Gasteiger partial charge in [-0.1, -0.05) is 11.8 Å². The van der Waals surface area contributed by atoms with Gasteiger partial charge in [-0.05, 0) is 12.8 Å². The minimum atomic E-state index is -0.0241. The van der Waals surface area contributed by atoms with Crippen molar-refractivity contribution in [3.8, 4) is 0 Å². The van der Waals surface area contributed by atoms with Gasteiger partial charge >= 0.3 is 0 Å². The van der Waals surface area contributed by atoms with Crippen LogP contribution in [-0.4, -0.2) is 33.5 Å². The van der Waals surface area contributed by atoms with Crippen LogP contribution >= 0.6 is 11.8 Å². The molecule has 0 spiro atoms. The van der Waals surface area contributed by atoms with Crippen molar-refractivity contribution in [1.82, 2.24) is 20.1 Å². The molecule has 7 heteroatoms. The van der Waals surface area contributed by atoms with Crippen molar-refractivity contribution in [1.29, 1.82) is 0 Å². The second kappa shape index (κ2) is 4.09. The molecule has 1 fully saturated rings.